The zero-order chi connectivity index (χ0) is 20.6. The van der Waals surface area contributed by atoms with Crippen molar-refractivity contribution in [1.82, 2.24) is 9.97 Å². The summed E-state index contributed by atoms with van der Waals surface area (Å²) in [5.41, 5.74) is 3.11. The Hall–Kier alpha value is -3.61. The molecule has 150 valence electrons. The van der Waals surface area contributed by atoms with Gasteiger partial charge in [0.15, 0.2) is 0 Å². The van der Waals surface area contributed by atoms with Gasteiger partial charge in [0.1, 0.15) is 11.5 Å². The Kier molecular flexibility index (Phi) is 6.63. The molecule has 1 aromatic carbocycles. The first kappa shape index (κ1) is 20.1. The number of nitrogens with one attached hydrogen (secondary N) is 1. The third-order valence-electron chi connectivity index (χ3n) is 4.57. The molecule has 0 aliphatic carbocycles. The molecule has 0 aliphatic rings. The monoisotopic (exact) mass is 392 g/mol. The summed E-state index contributed by atoms with van der Waals surface area (Å²) in [5, 5.41) is 2.87. The van der Waals surface area contributed by atoms with Crippen LogP contribution in [0.4, 0.5) is 11.4 Å². The van der Waals surface area contributed by atoms with Gasteiger partial charge in [-0.15, -0.1) is 0 Å². The maximum Gasteiger partial charge on any atom is 0.257 e. The van der Waals surface area contributed by atoms with E-state index >= 15 is 0 Å². The average molecular weight is 392 g/mol. The van der Waals surface area contributed by atoms with E-state index in [1.165, 1.54) is 5.56 Å². The van der Waals surface area contributed by atoms with Crippen LogP contribution < -0.4 is 19.7 Å². The second-order valence-electron chi connectivity index (χ2n) is 6.48. The Morgan fingerprint density at radius 2 is 1.83 bits per heavy atom. The number of methoxy groups -OCH3 is 2. The molecule has 0 saturated carbocycles. The first-order valence-corrected chi connectivity index (χ1v) is 9.19. The normalized spacial score (nSPS) is 10.3. The van der Waals surface area contributed by atoms with Crippen molar-refractivity contribution in [1.29, 1.82) is 0 Å². The molecule has 0 bridgehead atoms. The van der Waals surface area contributed by atoms with Crippen LogP contribution in [0.2, 0.25) is 0 Å². The van der Waals surface area contributed by atoms with Gasteiger partial charge in [-0.3, -0.25) is 14.8 Å². The van der Waals surface area contributed by atoms with Gasteiger partial charge >= 0.3 is 0 Å². The first-order valence-electron chi connectivity index (χ1n) is 9.19. The Bertz CT molecular complexity index is 963. The maximum atomic E-state index is 12.7. The van der Waals surface area contributed by atoms with Gasteiger partial charge in [0.2, 0.25) is 0 Å². The molecule has 7 heteroatoms. The van der Waals surface area contributed by atoms with Crippen LogP contribution in [0, 0.1) is 0 Å². The third-order valence-corrected chi connectivity index (χ3v) is 4.57. The van der Waals surface area contributed by atoms with Crippen molar-refractivity contribution in [3.63, 3.8) is 0 Å². The summed E-state index contributed by atoms with van der Waals surface area (Å²) >= 11 is 0. The van der Waals surface area contributed by atoms with Crippen molar-refractivity contribution in [3.8, 4) is 11.5 Å². The van der Waals surface area contributed by atoms with Crippen LogP contribution in [0.25, 0.3) is 0 Å². The largest absolute Gasteiger partial charge is 0.497 e. The second-order valence-corrected chi connectivity index (χ2v) is 6.48. The van der Waals surface area contributed by atoms with E-state index in [1.807, 2.05) is 25.2 Å². The number of anilines is 2. The minimum absolute atomic E-state index is 0.259. The van der Waals surface area contributed by atoms with Crippen molar-refractivity contribution in [2.75, 3.05) is 38.0 Å². The Morgan fingerprint density at radius 3 is 2.55 bits per heavy atom. The van der Waals surface area contributed by atoms with Crippen molar-refractivity contribution in [3.05, 3.63) is 72.3 Å². The van der Waals surface area contributed by atoms with Gasteiger partial charge in [0, 0.05) is 38.2 Å². The van der Waals surface area contributed by atoms with Crippen LogP contribution in [-0.2, 0) is 6.42 Å². The SMILES string of the molecule is COc1ccc(NC(=O)c2cncc(N(C)CCc3ccncc3)c2)c(OC)c1. The summed E-state index contributed by atoms with van der Waals surface area (Å²) in [6.45, 7) is 0.795. The highest BCUT2D eigenvalue weighted by Gasteiger charge is 2.13. The van der Waals surface area contributed by atoms with E-state index in [9.17, 15) is 4.79 Å². The molecule has 0 aliphatic heterocycles. The van der Waals surface area contributed by atoms with Crippen LogP contribution >= 0.6 is 0 Å². The number of carbonyl (C=O) groups is 1. The van der Waals surface area contributed by atoms with E-state index in [0.717, 1.165) is 18.7 Å². The number of benzene rings is 1. The molecule has 3 rings (SSSR count). The lowest BCUT2D eigenvalue weighted by Crippen LogP contribution is -2.21. The summed E-state index contributed by atoms with van der Waals surface area (Å²) in [4.78, 5) is 23.1. The number of hydrogen-bond acceptors (Lipinski definition) is 6. The lowest BCUT2D eigenvalue weighted by Gasteiger charge is -2.19. The molecular formula is C22H24N4O3. The highest BCUT2D eigenvalue weighted by molar-refractivity contribution is 6.05. The molecule has 1 amide bonds. The maximum absolute atomic E-state index is 12.7. The fourth-order valence-corrected chi connectivity index (χ4v) is 2.83. The lowest BCUT2D eigenvalue weighted by atomic mass is 10.2. The van der Waals surface area contributed by atoms with Gasteiger partial charge < -0.3 is 19.7 Å². The second kappa shape index (κ2) is 9.54. The minimum atomic E-state index is -0.259. The van der Waals surface area contributed by atoms with Gasteiger partial charge in [-0.25, -0.2) is 0 Å². The molecule has 1 N–H and O–H groups in total. The number of pyridine rings is 2. The first-order chi connectivity index (χ1) is 14.1. The molecule has 0 fully saturated rings. The predicted octanol–water partition coefficient (Wildman–Crippen LogP) is 3.43. The van der Waals surface area contributed by atoms with E-state index < -0.39 is 0 Å². The molecule has 29 heavy (non-hydrogen) atoms. The van der Waals surface area contributed by atoms with Gasteiger partial charge in [0.25, 0.3) is 5.91 Å². The average Bonchev–Trinajstić information content (AvgIpc) is 2.78. The number of aromatic nitrogens is 2. The predicted molar refractivity (Wildman–Crippen MR) is 113 cm³/mol. The Morgan fingerprint density at radius 1 is 1.03 bits per heavy atom. The number of ether oxygens (including phenoxy) is 2. The Labute approximate surface area is 170 Å². The number of amides is 1. The van der Waals surface area contributed by atoms with E-state index in [4.69, 9.17) is 9.47 Å². The fourth-order valence-electron chi connectivity index (χ4n) is 2.83. The molecule has 0 atom stereocenters. The molecular weight excluding hydrogens is 368 g/mol. The standard InChI is InChI=1S/C22H24N4O3/c1-26(11-8-16-6-9-23-10-7-16)18-12-17(14-24-15-18)22(27)25-20-5-4-19(28-2)13-21(20)29-3/h4-7,9-10,12-15H,8,11H2,1-3H3,(H,25,27). The molecule has 0 unspecified atom stereocenters. The highest BCUT2D eigenvalue weighted by atomic mass is 16.5. The fraction of sp³-hybridized carbons (Fsp3) is 0.227. The Balaban J connectivity index is 1.69. The molecule has 7 nitrogen and oxygen atoms in total. The van der Waals surface area contributed by atoms with Crippen LogP contribution in [0.1, 0.15) is 15.9 Å². The van der Waals surface area contributed by atoms with Crippen LogP contribution in [0.15, 0.2) is 61.2 Å². The summed E-state index contributed by atoms with van der Waals surface area (Å²) < 4.78 is 10.5. The molecule has 2 aromatic heterocycles. The van der Waals surface area contributed by atoms with Crippen molar-refractivity contribution >= 4 is 17.3 Å². The van der Waals surface area contributed by atoms with Crippen LogP contribution in [0.3, 0.4) is 0 Å². The zero-order valence-corrected chi connectivity index (χ0v) is 16.8. The molecule has 0 saturated heterocycles. The summed E-state index contributed by atoms with van der Waals surface area (Å²) in [6, 6.07) is 11.0. The van der Waals surface area contributed by atoms with Gasteiger partial charge in [-0.1, -0.05) is 0 Å². The van der Waals surface area contributed by atoms with E-state index in [1.54, 1.807) is 57.2 Å². The topological polar surface area (TPSA) is 76.6 Å². The quantitative estimate of drug-likeness (QED) is 0.633. The highest BCUT2D eigenvalue weighted by Crippen LogP contribution is 2.29. The number of carbonyl (C=O) groups excluding carboxylic acids is 1. The van der Waals surface area contributed by atoms with Gasteiger partial charge in [-0.2, -0.15) is 0 Å². The van der Waals surface area contributed by atoms with Crippen molar-refractivity contribution < 1.29 is 14.3 Å². The van der Waals surface area contributed by atoms with E-state index in [0.29, 0.717) is 22.7 Å². The minimum Gasteiger partial charge on any atom is -0.497 e. The van der Waals surface area contributed by atoms with Crippen LogP contribution in [0.5, 0.6) is 11.5 Å². The lowest BCUT2D eigenvalue weighted by molar-refractivity contribution is 0.102. The molecule has 0 radical (unpaired) electrons. The summed E-state index contributed by atoms with van der Waals surface area (Å²) in [6.07, 6.45) is 7.74. The molecule has 0 spiro atoms. The van der Waals surface area contributed by atoms with E-state index in [-0.39, 0.29) is 5.91 Å². The third kappa shape index (κ3) is 5.22. The number of hydrogen-bond donors (Lipinski definition) is 1. The number of likely N-dealkylation sites (N-methyl/N-ethyl adjacent to an activating group) is 1. The van der Waals surface area contributed by atoms with Gasteiger partial charge in [0.05, 0.1) is 37.4 Å². The van der Waals surface area contributed by atoms with Crippen molar-refractivity contribution in [2.45, 2.75) is 6.42 Å². The van der Waals surface area contributed by atoms with E-state index in [2.05, 4.69) is 20.2 Å². The summed E-state index contributed by atoms with van der Waals surface area (Å²) in [7, 11) is 5.10. The smallest absolute Gasteiger partial charge is 0.257 e. The molecule has 2 heterocycles. The zero-order valence-electron chi connectivity index (χ0n) is 16.8. The number of nitrogens with zero attached hydrogens (tertiary/aromatic N) is 3. The van der Waals surface area contributed by atoms with Gasteiger partial charge in [-0.05, 0) is 42.3 Å². The number of rotatable bonds is 8. The summed E-state index contributed by atoms with van der Waals surface area (Å²) in [5.74, 6) is 0.918. The van der Waals surface area contributed by atoms with Crippen LogP contribution in [-0.4, -0.2) is 43.7 Å². The molecule has 3 aromatic rings. The van der Waals surface area contributed by atoms with Crippen molar-refractivity contribution in [2.24, 2.45) is 0 Å².